The van der Waals surface area contributed by atoms with Crippen molar-refractivity contribution in [2.75, 3.05) is 5.32 Å². The van der Waals surface area contributed by atoms with Gasteiger partial charge in [0.2, 0.25) is 0 Å². The molecule has 34 heavy (non-hydrogen) atoms. The molecule has 6 nitrogen and oxygen atoms in total. The number of carbonyl (C=O) groups excluding carboxylic acids is 2. The fraction of sp³-hybridized carbons (Fsp3) is 0.143. The number of rotatable bonds is 7. The summed E-state index contributed by atoms with van der Waals surface area (Å²) in [6.07, 6.45) is 5.34. The van der Waals surface area contributed by atoms with E-state index in [1.807, 2.05) is 75.4 Å². The van der Waals surface area contributed by atoms with E-state index in [2.05, 4.69) is 15.3 Å². The minimum absolute atomic E-state index is 0. The Morgan fingerprint density at radius 3 is 2.53 bits per heavy atom. The van der Waals surface area contributed by atoms with Crippen molar-refractivity contribution >= 4 is 17.9 Å². The zero-order chi connectivity index (χ0) is 24.3. The molecule has 6 heteroatoms. The van der Waals surface area contributed by atoms with Crippen LogP contribution in [-0.4, -0.2) is 22.2 Å². The van der Waals surface area contributed by atoms with Crippen LogP contribution in [0.3, 0.4) is 0 Å². The van der Waals surface area contributed by atoms with Crippen LogP contribution in [0.2, 0.25) is 0 Å². The van der Waals surface area contributed by atoms with Gasteiger partial charge in [-0.3, -0.25) is 19.6 Å². The summed E-state index contributed by atoms with van der Waals surface area (Å²) in [5, 5.41) is 2.92. The van der Waals surface area contributed by atoms with E-state index in [0.717, 1.165) is 22.3 Å². The van der Waals surface area contributed by atoms with Gasteiger partial charge in [0.15, 0.2) is 6.29 Å². The molecule has 0 radical (unpaired) electrons. The van der Waals surface area contributed by atoms with Crippen molar-refractivity contribution in [3.05, 3.63) is 108 Å². The molecule has 0 saturated carbocycles. The zero-order valence-electron chi connectivity index (χ0n) is 19.5. The van der Waals surface area contributed by atoms with Gasteiger partial charge < -0.3 is 10.1 Å². The number of hydrogen-bond donors (Lipinski definition) is 1. The predicted octanol–water partition coefficient (Wildman–Crippen LogP) is 6.37. The average molecular weight is 456 g/mol. The molecule has 0 unspecified atom stereocenters. The van der Waals surface area contributed by atoms with Crippen molar-refractivity contribution in [2.45, 2.75) is 27.4 Å². The van der Waals surface area contributed by atoms with E-state index in [1.54, 1.807) is 18.5 Å². The van der Waals surface area contributed by atoms with Gasteiger partial charge in [-0.1, -0.05) is 62.4 Å². The van der Waals surface area contributed by atoms with Gasteiger partial charge in [-0.05, 0) is 35.7 Å². The molecule has 0 bridgehead atoms. The van der Waals surface area contributed by atoms with Crippen LogP contribution in [0, 0.1) is 6.92 Å². The monoisotopic (exact) mass is 455 g/mol. The van der Waals surface area contributed by atoms with E-state index < -0.39 is 0 Å². The molecule has 0 atom stereocenters. The summed E-state index contributed by atoms with van der Waals surface area (Å²) in [5.41, 5.74) is 5.02. The molecule has 0 spiro atoms. The maximum atomic E-state index is 12.9. The maximum absolute atomic E-state index is 12.9. The first-order valence-electron chi connectivity index (χ1n) is 11.1. The van der Waals surface area contributed by atoms with Gasteiger partial charge in [0.1, 0.15) is 18.1 Å². The number of anilines is 1. The molecule has 0 aliphatic carbocycles. The van der Waals surface area contributed by atoms with Gasteiger partial charge in [0.05, 0.1) is 5.56 Å². The van der Waals surface area contributed by atoms with Crippen LogP contribution in [0.25, 0.3) is 11.1 Å². The number of carbonyl (C=O) groups is 2. The number of hydrogen-bond acceptors (Lipinski definition) is 5. The fourth-order valence-corrected chi connectivity index (χ4v) is 3.32. The first-order chi connectivity index (χ1) is 16.7. The van der Waals surface area contributed by atoms with Crippen LogP contribution >= 0.6 is 0 Å². The van der Waals surface area contributed by atoms with Crippen molar-refractivity contribution in [1.29, 1.82) is 0 Å². The highest BCUT2D eigenvalue weighted by Crippen LogP contribution is 2.29. The van der Waals surface area contributed by atoms with Crippen molar-refractivity contribution in [3.63, 3.8) is 0 Å². The lowest BCUT2D eigenvalue weighted by molar-refractivity contribution is 0.102. The van der Waals surface area contributed by atoms with Crippen LogP contribution in [-0.2, 0) is 6.61 Å². The first-order valence-corrected chi connectivity index (χ1v) is 11.1. The molecule has 1 N–H and O–H groups in total. The van der Waals surface area contributed by atoms with Gasteiger partial charge in [-0.2, -0.15) is 0 Å². The topological polar surface area (TPSA) is 81.2 Å². The Hall–Kier alpha value is -4.32. The smallest absolute Gasteiger partial charge is 0.274 e. The number of nitrogens with one attached hydrogen (secondary N) is 1. The highest BCUT2D eigenvalue weighted by Gasteiger charge is 2.15. The maximum Gasteiger partial charge on any atom is 0.274 e. The lowest BCUT2D eigenvalue weighted by Gasteiger charge is -2.13. The molecular weight excluding hydrogens is 426 g/mol. The lowest BCUT2D eigenvalue weighted by Crippen LogP contribution is -2.15. The normalized spacial score (nSPS) is 9.97. The van der Waals surface area contributed by atoms with E-state index in [0.29, 0.717) is 17.7 Å². The SMILES string of the molecule is CC.Cc1c(NC(=O)c2cc(OCc3cccnc3)c(C=O)cn2)cccc1-c1ccccc1.[HH]. The van der Waals surface area contributed by atoms with E-state index in [9.17, 15) is 9.59 Å². The Labute approximate surface area is 201 Å². The predicted molar refractivity (Wildman–Crippen MR) is 136 cm³/mol. The van der Waals surface area contributed by atoms with Crippen molar-refractivity contribution in [1.82, 2.24) is 9.97 Å². The molecular formula is C28H29N3O3. The number of ether oxygens (including phenoxy) is 1. The summed E-state index contributed by atoms with van der Waals surface area (Å²) in [6, 6.07) is 20.9. The number of amides is 1. The van der Waals surface area contributed by atoms with Gasteiger partial charge in [-0.15, -0.1) is 0 Å². The average Bonchev–Trinajstić information content (AvgIpc) is 2.90. The van der Waals surface area contributed by atoms with E-state index in [-0.39, 0.29) is 25.2 Å². The zero-order valence-corrected chi connectivity index (χ0v) is 19.5. The van der Waals surface area contributed by atoms with E-state index in [4.69, 9.17) is 4.74 Å². The van der Waals surface area contributed by atoms with Crippen molar-refractivity contribution in [2.24, 2.45) is 0 Å². The second-order valence-corrected chi connectivity index (χ2v) is 7.17. The highest BCUT2D eigenvalue weighted by atomic mass is 16.5. The first kappa shape index (κ1) is 24.3. The number of aldehydes is 1. The molecule has 1 amide bonds. The Morgan fingerprint density at radius 1 is 1.03 bits per heavy atom. The quantitative estimate of drug-likeness (QED) is 0.328. The highest BCUT2D eigenvalue weighted by molar-refractivity contribution is 6.04. The Morgan fingerprint density at radius 2 is 1.82 bits per heavy atom. The van der Waals surface area contributed by atoms with Crippen molar-refractivity contribution < 1.29 is 15.8 Å². The molecule has 0 aliphatic heterocycles. The molecule has 4 rings (SSSR count). The summed E-state index contributed by atoms with van der Waals surface area (Å²) in [6.45, 7) is 6.18. The third kappa shape index (κ3) is 5.92. The van der Waals surface area contributed by atoms with Crippen LogP contribution in [0.15, 0.2) is 85.3 Å². The van der Waals surface area contributed by atoms with Crippen molar-refractivity contribution in [3.8, 4) is 16.9 Å². The molecule has 2 heterocycles. The Kier molecular flexibility index (Phi) is 8.63. The second kappa shape index (κ2) is 12.1. The molecule has 2 aromatic carbocycles. The standard InChI is InChI=1S/C26H21N3O3.C2H6.H2/c1-18-22(20-8-3-2-4-9-20)10-5-11-23(18)29-26(31)24-13-25(21(16-30)15-28-24)32-17-19-7-6-12-27-14-19;1-2;/h2-16H,17H2,1H3,(H,29,31);1-2H3;1H. The van der Waals surface area contributed by atoms with Crippen LogP contribution in [0.1, 0.15) is 47.2 Å². The third-order valence-corrected chi connectivity index (χ3v) is 5.04. The minimum atomic E-state index is -0.387. The van der Waals surface area contributed by atoms with E-state index >= 15 is 0 Å². The number of pyridine rings is 2. The molecule has 0 aliphatic rings. The summed E-state index contributed by atoms with van der Waals surface area (Å²) in [7, 11) is 0. The lowest BCUT2D eigenvalue weighted by atomic mass is 9.99. The largest absolute Gasteiger partial charge is 0.488 e. The number of nitrogens with zero attached hydrogens (tertiary/aromatic N) is 2. The minimum Gasteiger partial charge on any atom is -0.488 e. The molecule has 2 aromatic heterocycles. The van der Waals surface area contributed by atoms with E-state index in [1.165, 1.54) is 12.3 Å². The molecule has 4 aromatic rings. The Bertz CT molecular complexity index is 1250. The van der Waals surface area contributed by atoms with Crippen LogP contribution < -0.4 is 10.1 Å². The molecule has 0 saturated heterocycles. The van der Waals surface area contributed by atoms with Crippen LogP contribution in [0.5, 0.6) is 5.75 Å². The Balaban J connectivity index is 0.00000140. The van der Waals surface area contributed by atoms with Gasteiger partial charge in [-0.25, -0.2) is 0 Å². The summed E-state index contributed by atoms with van der Waals surface area (Å²) < 4.78 is 5.76. The summed E-state index contributed by atoms with van der Waals surface area (Å²) in [4.78, 5) is 32.5. The molecule has 174 valence electrons. The van der Waals surface area contributed by atoms with Gasteiger partial charge >= 0.3 is 0 Å². The molecule has 0 fully saturated rings. The summed E-state index contributed by atoms with van der Waals surface area (Å²) in [5.74, 6) is -0.0965. The second-order valence-electron chi connectivity index (χ2n) is 7.17. The van der Waals surface area contributed by atoms with Gasteiger partial charge in [0.25, 0.3) is 5.91 Å². The number of aromatic nitrogens is 2. The number of benzene rings is 2. The summed E-state index contributed by atoms with van der Waals surface area (Å²) >= 11 is 0. The van der Waals surface area contributed by atoms with Crippen LogP contribution in [0.4, 0.5) is 5.69 Å². The fourth-order valence-electron chi connectivity index (χ4n) is 3.32. The third-order valence-electron chi connectivity index (χ3n) is 5.04. The van der Waals surface area contributed by atoms with Gasteiger partial charge in [0, 0.05) is 37.3 Å².